The molecule has 13 heteroatoms. The van der Waals surface area contributed by atoms with Crippen molar-refractivity contribution in [3.8, 4) is 5.75 Å². The minimum Gasteiger partial charge on any atom is -0.497 e. The number of carbonyl (C=O) groups excluding carboxylic acids is 1. The van der Waals surface area contributed by atoms with Crippen molar-refractivity contribution in [1.29, 1.82) is 0 Å². The van der Waals surface area contributed by atoms with E-state index in [0.717, 1.165) is 4.31 Å². The monoisotopic (exact) mass is 567 g/mol. The fourth-order valence-corrected chi connectivity index (χ4v) is 5.88. The highest BCUT2D eigenvalue weighted by atomic mass is 32.2. The van der Waals surface area contributed by atoms with Crippen LogP contribution < -0.4 is 19.1 Å². The third kappa shape index (κ3) is 6.69. The van der Waals surface area contributed by atoms with Crippen LogP contribution in [0, 0.1) is 6.92 Å². The molecule has 3 aromatic carbocycles. The van der Waals surface area contributed by atoms with Gasteiger partial charge in [-0.25, -0.2) is 31.5 Å². The molecule has 0 aliphatic heterocycles. The van der Waals surface area contributed by atoms with Crippen LogP contribution in [0.5, 0.6) is 5.75 Å². The molecule has 0 saturated heterocycles. The molecule has 0 unspecified atom stereocenters. The second-order valence-electron chi connectivity index (χ2n) is 8.22. The molecule has 11 nitrogen and oxygen atoms in total. The number of amides is 1. The summed E-state index contributed by atoms with van der Waals surface area (Å²) in [4.78, 5) is 20.8. The number of hydrogen-bond donors (Lipinski definition) is 2. The minimum absolute atomic E-state index is 0.0143. The van der Waals surface area contributed by atoms with Crippen molar-refractivity contribution in [2.75, 3.05) is 28.0 Å². The fourth-order valence-electron chi connectivity index (χ4n) is 3.51. The van der Waals surface area contributed by atoms with Crippen LogP contribution in [0.1, 0.15) is 5.69 Å². The van der Waals surface area contributed by atoms with Gasteiger partial charge in [0.15, 0.2) is 0 Å². The zero-order valence-electron chi connectivity index (χ0n) is 21.0. The number of aromatic nitrogens is 2. The molecule has 39 heavy (non-hydrogen) atoms. The lowest BCUT2D eigenvalue weighted by molar-refractivity contribution is -0.114. The van der Waals surface area contributed by atoms with Gasteiger partial charge in [-0.3, -0.25) is 9.10 Å². The Bertz CT molecular complexity index is 1660. The normalized spacial score (nSPS) is 11.4. The lowest BCUT2D eigenvalue weighted by Gasteiger charge is -2.24. The topological polar surface area (TPSA) is 148 Å². The molecule has 1 amide bonds. The summed E-state index contributed by atoms with van der Waals surface area (Å²) in [5.74, 6) is -0.200. The van der Waals surface area contributed by atoms with Gasteiger partial charge in [0.2, 0.25) is 11.9 Å². The van der Waals surface area contributed by atoms with Gasteiger partial charge in [0, 0.05) is 17.6 Å². The number of benzene rings is 3. The van der Waals surface area contributed by atoms with Gasteiger partial charge >= 0.3 is 0 Å². The summed E-state index contributed by atoms with van der Waals surface area (Å²) in [6.07, 6.45) is 1.44. The van der Waals surface area contributed by atoms with E-state index in [1.54, 1.807) is 43.3 Å². The van der Waals surface area contributed by atoms with Crippen LogP contribution in [0.15, 0.2) is 101 Å². The smallest absolute Gasteiger partial charge is 0.264 e. The van der Waals surface area contributed by atoms with Gasteiger partial charge in [0.05, 0.1) is 22.6 Å². The maximum Gasteiger partial charge on any atom is 0.264 e. The van der Waals surface area contributed by atoms with E-state index in [1.165, 1.54) is 61.8 Å². The Hall–Kier alpha value is -4.49. The first kappa shape index (κ1) is 27.5. The van der Waals surface area contributed by atoms with Gasteiger partial charge < -0.3 is 10.1 Å². The highest BCUT2D eigenvalue weighted by Gasteiger charge is 2.27. The molecule has 0 spiro atoms. The minimum atomic E-state index is -4.11. The van der Waals surface area contributed by atoms with E-state index in [4.69, 9.17) is 4.74 Å². The Labute approximate surface area is 226 Å². The molecular formula is C26H25N5O6S2. The zero-order valence-corrected chi connectivity index (χ0v) is 22.6. The largest absolute Gasteiger partial charge is 0.497 e. The van der Waals surface area contributed by atoms with Gasteiger partial charge in [0.1, 0.15) is 12.3 Å². The average Bonchev–Trinajstić information content (AvgIpc) is 2.92. The summed E-state index contributed by atoms with van der Waals surface area (Å²) in [6, 6.07) is 21.1. The number of nitrogens with zero attached hydrogens (tertiary/aromatic N) is 3. The molecule has 0 atom stereocenters. The molecule has 0 bridgehead atoms. The number of carbonyl (C=O) groups is 1. The first-order chi connectivity index (χ1) is 18.6. The van der Waals surface area contributed by atoms with Crippen LogP contribution in [0.4, 0.5) is 17.3 Å². The number of anilines is 3. The molecule has 4 rings (SSSR count). The molecule has 2 N–H and O–H groups in total. The molecule has 0 fully saturated rings. The third-order valence-corrected chi connectivity index (χ3v) is 8.58. The van der Waals surface area contributed by atoms with E-state index in [-0.39, 0.29) is 21.4 Å². The highest BCUT2D eigenvalue weighted by molar-refractivity contribution is 7.93. The summed E-state index contributed by atoms with van der Waals surface area (Å²) >= 11 is 0. The molecule has 1 heterocycles. The summed E-state index contributed by atoms with van der Waals surface area (Å²) in [5.41, 5.74) is 1.18. The number of hydrogen-bond acceptors (Lipinski definition) is 8. The number of aryl methyl sites for hydroxylation is 1. The van der Waals surface area contributed by atoms with Gasteiger partial charge in [-0.15, -0.1) is 0 Å². The van der Waals surface area contributed by atoms with Crippen molar-refractivity contribution in [1.82, 2.24) is 9.97 Å². The molecule has 0 aliphatic carbocycles. The lowest BCUT2D eigenvalue weighted by Crippen LogP contribution is -2.38. The number of nitrogens with one attached hydrogen (secondary N) is 2. The number of rotatable bonds is 10. The standard InChI is InChI=1S/C26H25N5O6S2/c1-19-16-17-27-26(28-19)30-38(33,34)23-12-8-20(9-13-23)29-25(32)18-31(21-6-4-3-5-7-21)39(35,36)24-14-10-22(37-2)11-15-24/h3-17H,18H2,1-2H3,(H,29,32)(H,27,28,30). The quantitative estimate of drug-likeness (QED) is 0.296. The van der Waals surface area contributed by atoms with Crippen LogP contribution in [0.25, 0.3) is 0 Å². The number of para-hydroxylation sites is 1. The summed E-state index contributed by atoms with van der Waals surface area (Å²) in [7, 11) is -6.60. The maximum absolute atomic E-state index is 13.5. The first-order valence-corrected chi connectivity index (χ1v) is 14.4. The van der Waals surface area contributed by atoms with Crippen molar-refractivity contribution < 1.29 is 26.4 Å². The summed E-state index contributed by atoms with van der Waals surface area (Å²) < 4.78 is 60.7. The summed E-state index contributed by atoms with van der Waals surface area (Å²) in [5, 5.41) is 2.61. The second kappa shape index (κ2) is 11.5. The Balaban J connectivity index is 1.51. The van der Waals surface area contributed by atoms with Crippen LogP contribution >= 0.6 is 0 Å². The van der Waals surface area contributed by atoms with E-state index in [2.05, 4.69) is 20.0 Å². The van der Waals surface area contributed by atoms with Crippen molar-refractivity contribution in [2.45, 2.75) is 16.7 Å². The summed E-state index contributed by atoms with van der Waals surface area (Å²) in [6.45, 7) is 1.18. The average molecular weight is 568 g/mol. The van der Waals surface area contributed by atoms with Crippen LogP contribution in [-0.4, -0.2) is 46.4 Å². The highest BCUT2D eigenvalue weighted by Crippen LogP contribution is 2.25. The predicted octanol–water partition coefficient (Wildman–Crippen LogP) is 3.43. The molecule has 0 radical (unpaired) electrons. The van der Waals surface area contributed by atoms with Crippen molar-refractivity contribution >= 4 is 43.3 Å². The first-order valence-electron chi connectivity index (χ1n) is 11.5. The second-order valence-corrected chi connectivity index (χ2v) is 11.8. The van der Waals surface area contributed by atoms with Crippen LogP contribution in [-0.2, 0) is 24.8 Å². The molecular weight excluding hydrogens is 542 g/mol. The predicted molar refractivity (Wildman–Crippen MR) is 147 cm³/mol. The Morgan fingerprint density at radius 3 is 2.13 bits per heavy atom. The molecule has 4 aromatic rings. The van der Waals surface area contributed by atoms with E-state index in [9.17, 15) is 21.6 Å². The fraction of sp³-hybridized carbons (Fsp3) is 0.115. The van der Waals surface area contributed by atoms with Gasteiger partial charge in [-0.1, -0.05) is 18.2 Å². The van der Waals surface area contributed by atoms with E-state index >= 15 is 0 Å². The molecule has 202 valence electrons. The Kier molecular flexibility index (Phi) is 8.12. The number of methoxy groups -OCH3 is 1. The van der Waals surface area contributed by atoms with E-state index < -0.39 is 32.5 Å². The van der Waals surface area contributed by atoms with Gasteiger partial charge in [-0.05, 0) is 73.7 Å². The maximum atomic E-state index is 13.5. The molecule has 1 aromatic heterocycles. The number of ether oxygens (including phenoxy) is 1. The van der Waals surface area contributed by atoms with Gasteiger partial charge in [-0.2, -0.15) is 0 Å². The van der Waals surface area contributed by atoms with Crippen LogP contribution in [0.3, 0.4) is 0 Å². The van der Waals surface area contributed by atoms with Crippen molar-refractivity contribution in [3.63, 3.8) is 0 Å². The molecule has 0 saturated carbocycles. The van der Waals surface area contributed by atoms with Crippen molar-refractivity contribution in [2.24, 2.45) is 0 Å². The lowest BCUT2D eigenvalue weighted by atomic mass is 10.3. The van der Waals surface area contributed by atoms with Gasteiger partial charge in [0.25, 0.3) is 20.0 Å². The zero-order chi connectivity index (χ0) is 28.0. The van der Waals surface area contributed by atoms with E-state index in [0.29, 0.717) is 17.1 Å². The van der Waals surface area contributed by atoms with Crippen molar-refractivity contribution in [3.05, 3.63) is 96.8 Å². The molecule has 0 aliphatic rings. The van der Waals surface area contributed by atoms with E-state index in [1.807, 2.05) is 0 Å². The Morgan fingerprint density at radius 1 is 0.872 bits per heavy atom. The van der Waals surface area contributed by atoms with Crippen LogP contribution in [0.2, 0.25) is 0 Å². The Morgan fingerprint density at radius 2 is 1.51 bits per heavy atom. The SMILES string of the molecule is COc1ccc(S(=O)(=O)N(CC(=O)Nc2ccc(S(=O)(=O)Nc3nccc(C)n3)cc2)c2ccccc2)cc1. The third-order valence-electron chi connectivity index (χ3n) is 5.45. The number of sulfonamides is 2.